The van der Waals surface area contributed by atoms with Gasteiger partial charge in [0, 0.05) is 18.3 Å². The molecule has 5 rings (SSSR count). The van der Waals surface area contributed by atoms with E-state index in [1.165, 1.54) is 6.20 Å². The fourth-order valence-corrected chi connectivity index (χ4v) is 2.74. The molecule has 3 aromatic rings. The molecule has 0 spiro atoms. The van der Waals surface area contributed by atoms with E-state index in [4.69, 9.17) is 9.47 Å². The molecule has 9 nitrogen and oxygen atoms in total. The Labute approximate surface area is 140 Å². The van der Waals surface area contributed by atoms with Gasteiger partial charge in [-0.05, 0) is 25.0 Å². The first-order chi connectivity index (χ1) is 12.2. The third kappa shape index (κ3) is 2.32. The summed E-state index contributed by atoms with van der Waals surface area (Å²) in [6, 6.07) is 5.25. The van der Waals surface area contributed by atoms with Crippen LogP contribution in [0.15, 0.2) is 34.0 Å². The van der Waals surface area contributed by atoms with Gasteiger partial charge in [-0.3, -0.25) is 9.78 Å². The van der Waals surface area contributed by atoms with Gasteiger partial charge in [0.15, 0.2) is 17.1 Å². The van der Waals surface area contributed by atoms with Crippen molar-refractivity contribution in [2.75, 3.05) is 12.1 Å². The van der Waals surface area contributed by atoms with Crippen LogP contribution in [0.4, 0.5) is 5.95 Å². The van der Waals surface area contributed by atoms with Crippen LogP contribution in [0, 0.1) is 0 Å². The van der Waals surface area contributed by atoms with E-state index in [2.05, 4.69) is 20.3 Å². The molecule has 25 heavy (non-hydrogen) atoms. The summed E-state index contributed by atoms with van der Waals surface area (Å²) in [5, 5.41) is 3.37. The van der Waals surface area contributed by atoms with E-state index in [1.807, 2.05) is 0 Å². The molecule has 0 unspecified atom stereocenters. The lowest BCUT2D eigenvalue weighted by atomic mass is 10.2. The average Bonchev–Trinajstić information content (AvgIpc) is 3.28. The molecular formula is C16H13N5O4. The number of nitrogens with one attached hydrogen (secondary N) is 2. The minimum Gasteiger partial charge on any atom is -0.454 e. The highest BCUT2D eigenvalue weighted by molar-refractivity contribution is 5.73. The van der Waals surface area contributed by atoms with E-state index >= 15 is 0 Å². The number of hydrogen-bond donors (Lipinski definition) is 2. The van der Waals surface area contributed by atoms with Gasteiger partial charge in [0.05, 0.1) is 5.69 Å². The van der Waals surface area contributed by atoms with Crippen molar-refractivity contribution in [2.45, 2.75) is 18.9 Å². The molecule has 0 bridgehead atoms. The van der Waals surface area contributed by atoms with Crippen molar-refractivity contribution in [3.63, 3.8) is 0 Å². The molecule has 126 valence electrons. The third-order valence-electron chi connectivity index (χ3n) is 4.18. The van der Waals surface area contributed by atoms with Crippen molar-refractivity contribution in [1.82, 2.24) is 19.5 Å². The third-order valence-corrected chi connectivity index (χ3v) is 4.18. The highest BCUT2D eigenvalue weighted by atomic mass is 16.7. The number of benzene rings is 1. The molecular weight excluding hydrogens is 326 g/mol. The first kappa shape index (κ1) is 14.0. The van der Waals surface area contributed by atoms with Crippen LogP contribution < -0.4 is 26.0 Å². The Morgan fingerprint density at radius 2 is 2.04 bits per heavy atom. The molecule has 0 saturated heterocycles. The van der Waals surface area contributed by atoms with Crippen LogP contribution >= 0.6 is 0 Å². The topological polar surface area (TPSA) is 111 Å². The highest BCUT2D eigenvalue weighted by Gasteiger charge is 2.22. The zero-order chi connectivity index (χ0) is 17.0. The van der Waals surface area contributed by atoms with Crippen molar-refractivity contribution < 1.29 is 9.47 Å². The van der Waals surface area contributed by atoms with E-state index in [1.54, 1.807) is 18.2 Å². The van der Waals surface area contributed by atoms with Crippen LogP contribution in [-0.4, -0.2) is 32.4 Å². The summed E-state index contributed by atoms with van der Waals surface area (Å²) in [4.78, 5) is 36.3. The molecule has 9 heteroatoms. The van der Waals surface area contributed by atoms with E-state index < -0.39 is 11.2 Å². The predicted molar refractivity (Wildman–Crippen MR) is 88.5 cm³/mol. The van der Waals surface area contributed by atoms with Gasteiger partial charge in [0.25, 0.3) is 5.56 Å². The second kappa shape index (κ2) is 5.07. The van der Waals surface area contributed by atoms with Gasteiger partial charge in [0.2, 0.25) is 12.7 Å². The number of ether oxygens (including phenoxy) is 2. The molecule has 0 atom stereocenters. The highest BCUT2D eigenvalue weighted by Crippen LogP contribution is 2.33. The summed E-state index contributed by atoms with van der Waals surface area (Å²) >= 11 is 0. The molecule has 0 amide bonds. The molecule has 1 saturated carbocycles. The van der Waals surface area contributed by atoms with E-state index in [9.17, 15) is 9.59 Å². The molecule has 1 aliphatic carbocycles. The summed E-state index contributed by atoms with van der Waals surface area (Å²) in [6.45, 7) is 0.117. The van der Waals surface area contributed by atoms with Crippen LogP contribution in [0.25, 0.3) is 16.7 Å². The lowest BCUT2D eigenvalue weighted by Gasteiger charge is -2.08. The SMILES string of the molecule is O=c1[nH]c2nc(NC3CC3)ncc2c(=O)n1-c1ccc2c(c1)OCO2. The summed E-state index contributed by atoms with van der Waals surface area (Å²) in [5.74, 6) is 1.48. The van der Waals surface area contributed by atoms with Gasteiger partial charge in [0.1, 0.15) is 5.39 Å². The molecule has 2 aromatic heterocycles. The standard InChI is InChI=1S/C16H13N5O4/c22-14-10-6-17-15(18-8-1-2-8)19-13(10)20-16(23)21(14)9-3-4-11-12(5-9)25-7-24-11/h3-6,8H,1-2,7H2,(H2,17,18,19,20,23). The maximum Gasteiger partial charge on any atom is 0.334 e. The fourth-order valence-electron chi connectivity index (χ4n) is 2.74. The van der Waals surface area contributed by atoms with E-state index in [0.717, 1.165) is 17.4 Å². The smallest absolute Gasteiger partial charge is 0.334 e. The number of fused-ring (bicyclic) bond motifs is 2. The molecule has 0 radical (unpaired) electrons. The lowest BCUT2D eigenvalue weighted by Crippen LogP contribution is -2.34. The minimum atomic E-state index is -0.576. The van der Waals surface area contributed by atoms with Gasteiger partial charge in [-0.25, -0.2) is 14.3 Å². The van der Waals surface area contributed by atoms with Crippen molar-refractivity contribution in [2.24, 2.45) is 0 Å². The number of hydrogen-bond acceptors (Lipinski definition) is 7. The first-order valence-electron chi connectivity index (χ1n) is 7.88. The Bertz CT molecular complexity index is 1120. The summed E-state index contributed by atoms with van der Waals surface area (Å²) in [6.07, 6.45) is 3.57. The maximum absolute atomic E-state index is 12.8. The molecule has 1 aromatic carbocycles. The number of anilines is 1. The summed E-state index contributed by atoms with van der Waals surface area (Å²) in [5.41, 5.74) is -0.467. The monoisotopic (exact) mass is 339 g/mol. The van der Waals surface area contributed by atoms with Gasteiger partial charge < -0.3 is 14.8 Å². The minimum absolute atomic E-state index is 0.117. The van der Waals surface area contributed by atoms with Gasteiger partial charge in [-0.1, -0.05) is 0 Å². The van der Waals surface area contributed by atoms with Gasteiger partial charge >= 0.3 is 5.69 Å². The number of H-pyrrole nitrogens is 1. The van der Waals surface area contributed by atoms with Crippen LogP contribution in [0.5, 0.6) is 11.5 Å². The zero-order valence-electron chi connectivity index (χ0n) is 13.0. The quantitative estimate of drug-likeness (QED) is 0.725. The van der Waals surface area contributed by atoms with Gasteiger partial charge in [-0.2, -0.15) is 4.98 Å². The van der Waals surface area contributed by atoms with Crippen molar-refractivity contribution in [1.29, 1.82) is 0 Å². The second-order valence-electron chi connectivity index (χ2n) is 5.98. The first-order valence-corrected chi connectivity index (χ1v) is 7.88. The van der Waals surface area contributed by atoms with E-state index in [-0.39, 0.29) is 17.8 Å². The fraction of sp³-hybridized carbons (Fsp3) is 0.250. The Morgan fingerprint density at radius 1 is 1.20 bits per heavy atom. The van der Waals surface area contributed by atoms with Crippen molar-refractivity contribution in [3.05, 3.63) is 45.2 Å². The normalized spacial score (nSPS) is 15.5. The predicted octanol–water partition coefficient (Wildman–Crippen LogP) is 0.772. The number of rotatable bonds is 3. The van der Waals surface area contributed by atoms with Crippen molar-refractivity contribution >= 4 is 17.0 Å². The second-order valence-corrected chi connectivity index (χ2v) is 5.98. The number of aromatic amines is 1. The molecule has 1 fully saturated rings. The Balaban J connectivity index is 1.66. The molecule has 2 aliphatic rings. The Hall–Kier alpha value is -3.36. The largest absolute Gasteiger partial charge is 0.454 e. The number of nitrogens with zero attached hydrogens (tertiary/aromatic N) is 3. The van der Waals surface area contributed by atoms with Crippen molar-refractivity contribution in [3.8, 4) is 17.2 Å². The van der Waals surface area contributed by atoms with E-state index in [0.29, 0.717) is 29.2 Å². The van der Waals surface area contributed by atoms with Crippen LogP contribution in [0.2, 0.25) is 0 Å². The molecule has 3 heterocycles. The molecule has 1 aliphatic heterocycles. The average molecular weight is 339 g/mol. The Morgan fingerprint density at radius 3 is 2.88 bits per heavy atom. The zero-order valence-corrected chi connectivity index (χ0v) is 13.0. The molecule has 2 N–H and O–H groups in total. The van der Waals surface area contributed by atoms with Crippen LogP contribution in [0.3, 0.4) is 0 Å². The summed E-state index contributed by atoms with van der Waals surface area (Å²) < 4.78 is 11.6. The Kier molecular flexibility index (Phi) is 2.84. The number of aromatic nitrogens is 4. The van der Waals surface area contributed by atoms with Crippen LogP contribution in [0.1, 0.15) is 12.8 Å². The lowest BCUT2D eigenvalue weighted by molar-refractivity contribution is 0.174. The van der Waals surface area contributed by atoms with Crippen LogP contribution in [-0.2, 0) is 0 Å². The summed E-state index contributed by atoms with van der Waals surface area (Å²) in [7, 11) is 0. The maximum atomic E-state index is 12.8. The van der Waals surface area contributed by atoms with Gasteiger partial charge in [-0.15, -0.1) is 0 Å².